The minimum atomic E-state index is -0.626. The van der Waals surface area contributed by atoms with Gasteiger partial charge in [-0.3, -0.25) is 9.59 Å². The number of carbonyl (C=O) groups excluding carboxylic acids is 2. The Morgan fingerprint density at radius 2 is 2.10 bits per heavy atom. The van der Waals surface area contributed by atoms with E-state index in [0.29, 0.717) is 6.42 Å². The molecule has 0 aromatic carbocycles. The Bertz CT molecular complexity index is 190. The number of ether oxygens (including phenoxy) is 2. The molecule has 0 unspecified atom stereocenters. The van der Waals surface area contributed by atoms with Crippen molar-refractivity contribution in [2.75, 3.05) is 6.61 Å². The van der Waals surface area contributed by atoms with Gasteiger partial charge in [0.2, 0.25) is 0 Å². The topological polar surface area (TPSA) is 52.6 Å². The summed E-state index contributed by atoms with van der Waals surface area (Å²) in [5.74, 6) is -1.48. The number of rotatable bonds is 0. The molecular weight excluding hydrogens is 136 g/mol. The van der Waals surface area contributed by atoms with Gasteiger partial charge in [0.15, 0.2) is 5.92 Å². The lowest BCUT2D eigenvalue weighted by atomic mass is 10.0. The predicted octanol–water partition coefficient (Wildman–Crippen LogP) is -0.525. The van der Waals surface area contributed by atoms with Crippen molar-refractivity contribution in [2.24, 2.45) is 5.92 Å². The van der Waals surface area contributed by atoms with Crippen LogP contribution in [0.25, 0.3) is 0 Å². The summed E-state index contributed by atoms with van der Waals surface area (Å²) in [6, 6.07) is 0. The zero-order valence-corrected chi connectivity index (χ0v) is 5.20. The van der Waals surface area contributed by atoms with Crippen molar-refractivity contribution >= 4 is 11.9 Å². The van der Waals surface area contributed by atoms with Crippen LogP contribution in [0.2, 0.25) is 0 Å². The minimum absolute atomic E-state index is 0.171. The molecule has 0 aromatic rings. The maximum atomic E-state index is 10.7. The zero-order valence-electron chi connectivity index (χ0n) is 5.20. The fourth-order valence-electron chi connectivity index (χ4n) is 1.22. The fraction of sp³-hybridized carbons (Fsp3) is 0.667. The molecule has 2 atom stereocenters. The first-order chi connectivity index (χ1) is 4.77. The van der Waals surface area contributed by atoms with Crippen molar-refractivity contribution in [1.82, 2.24) is 0 Å². The van der Waals surface area contributed by atoms with Gasteiger partial charge in [-0.1, -0.05) is 0 Å². The Hall–Kier alpha value is -1.06. The van der Waals surface area contributed by atoms with Gasteiger partial charge in [-0.15, -0.1) is 0 Å². The summed E-state index contributed by atoms with van der Waals surface area (Å²) in [5.41, 5.74) is 0. The summed E-state index contributed by atoms with van der Waals surface area (Å²) in [4.78, 5) is 21.5. The normalized spacial score (nSPS) is 37.2. The highest BCUT2D eigenvalue weighted by atomic mass is 16.6. The van der Waals surface area contributed by atoms with Crippen molar-refractivity contribution in [3.8, 4) is 0 Å². The van der Waals surface area contributed by atoms with Gasteiger partial charge in [-0.2, -0.15) is 0 Å². The molecule has 4 nitrogen and oxygen atoms in total. The van der Waals surface area contributed by atoms with Crippen molar-refractivity contribution in [2.45, 2.75) is 12.5 Å². The van der Waals surface area contributed by atoms with E-state index in [1.54, 1.807) is 0 Å². The van der Waals surface area contributed by atoms with Crippen LogP contribution in [0.5, 0.6) is 0 Å². The maximum absolute atomic E-state index is 10.7. The van der Waals surface area contributed by atoms with E-state index in [2.05, 4.69) is 4.74 Å². The first-order valence-electron chi connectivity index (χ1n) is 3.14. The minimum Gasteiger partial charge on any atom is -0.461 e. The van der Waals surface area contributed by atoms with Gasteiger partial charge < -0.3 is 9.47 Å². The van der Waals surface area contributed by atoms with Crippen LogP contribution in [0.4, 0.5) is 0 Å². The maximum Gasteiger partial charge on any atom is 0.320 e. The molecule has 2 bridgehead atoms. The van der Waals surface area contributed by atoms with Gasteiger partial charge in [0, 0.05) is 6.42 Å². The van der Waals surface area contributed by atoms with E-state index >= 15 is 0 Å². The molecule has 0 saturated carbocycles. The standard InChI is InChI=1S/C6H6O4/c7-5-4-1-3(2-9-5)10-6(4)8/h3-4H,1-2H2/t3-,4-/m1/s1. The van der Waals surface area contributed by atoms with E-state index in [1.165, 1.54) is 0 Å². The molecule has 0 aromatic heterocycles. The van der Waals surface area contributed by atoms with E-state index < -0.39 is 17.9 Å². The third-order valence-corrected chi connectivity index (χ3v) is 1.76. The summed E-state index contributed by atoms with van der Waals surface area (Å²) in [7, 11) is 0. The number of hydrogen-bond donors (Lipinski definition) is 0. The van der Waals surface area contributed by atoms with E-state index in [9.17, 15) is 9.59 Å². The number of carbonyl (C=O) groups is 2. The van der Waals surface area contributed by atoms with Crippen LogP contribution in [0.1, 0.15) is 6.42 Å². The smallest absolute Gasteiger partial charge is 0.320 e. The number of fused-ring (bicyclic) bond motifs is 2. The number of hydrogen-bond acceptors (Lipinski definition) is 4. The quantitative estimate of drug-likeness (QED) is 0.337. The van der Waals surface area contributed by atoms with Crippen LogP contribution in [0.3, 0.4) is 0 Å². The largest absolute Gasteiger partial charge is 0.461 e. The first-order valence-corrected chi connectivity index (χ1v) is 3.14. The molecule has 0 radical (unpaired) electrons. The molecular formula is C6H6O4. The molecule has 0 spiro atoms. The molecule has 2 aliphatic heterocycles. The summed E-state index contributed by atoms with van der Waals surface area (Å²) in [6.45, 7) is 0.237. The predicted molar refractivity (Wildman–Crippen MR) is 28.9 cm³/mol. The SMILES string of the molecule is O=C1OC[C@H]2C[C@H]1C(=O)O2. The summed E-state index contributed by atoms with van der Waals surface area (Å²) < 4.78 is 9.42. The monoisotopic (exact) mass is 142 g/mol. The van der Waals surface area contributed by atoms with E-state index in [-0.39, 0.29) is 12.7 Å². The van der Waals surface area contributed by atoms with E-state index in [1.807, 2.05) is 0 Å². The molecule has 0 N–H and O–H groups in total. The molecule has 2 fully saturated rings. The van der Waals surface area contributed by atoms with Crippen LogP contribution in [0.15, 0.2) is 0 Å². The summed E-state index contributed by atoms with van der Waals surface area (Å²) >= 11 is 0. The highest BCUT2D eigenvalue weighted by Gasteiger charge is 2.45. The first kappa shape index (κ1) is 5.70. The lowest BCUT2D eigenvalue weighted by Crippen LogP contribution is -2.27. The van der Waals surface area contributed by atoms with Crippen LogP contribution < -0.4 is 0 Å². The Labute approximate surface area is 57.1 Å². The van der Waals surface area contributed by atoms with Crippen molar-refractivity contribution < 1.29 is 19.1 Å². The second-order valence-electron chi connectivity index (χ2n) is 2.48. The molecule has 2 saturated heterocycles. The molecule has 2 rings (SSSR count). The van der Waals surface area contributed by atoms with Gasteiger partial charge >= 0.3 is 11.9 Å². The van der Waals surface area contributed by atoms with Crippen molar-refractivity contribution in [3.63, 3.8) is 0 Å². The van der Waals surface area contributed by atoms with Crippen LogP contribution in [-0.2, 0) is 19.1 Å². The molecule has 0 aliphatic carbocycles. The van der Waals surface area contributed by atoms with Crippen LogP contribution in [0, 0.1) is 5.92 Å². The molecule has 0 amide bonds. The zero-order chi connectivity index (χ0) is 7.14. The lowest BCUT2D eigenvalue weighted by molar-refractivity contribution is -0.153. The lowest BCUT2D eigenvalue weighted by Gasteiger charge is -2.13. The summed E-state index contributed by atoms with van der Waals surface area (Å²) in [6.07, 6.45) is 0.340. The van der Waals surface area contributed by atoms with Gasteiger partial charge in [-0.05, 0) is 0 Å². The highest BCUT2D eigenvalue weighted by molar-refractivity contribution is 5.97. The third kappa shape index (κ3) is 0.616. The van der Waals surface area contributed by atoms with E-state index in [0.717, 1.165) is 0 Å². The highest BCUT2D eigenvalue weighted by Crippen LogP contribution is 2.26. The van der Waals surface area contributed by atoms with E-state index in [4.69, 9.17) is 4.74 Å². The average molecular weight is 142 g/mol. The molecule has 54 valence electrons. The van der Waals surface area contributed by atoms with Gasteiger partial charge in [0.1, 0.15) is 12.7 Å². The number of cyclic esters (lactones) is 1. The molecule has 10 heavy (non-hydrogen) atoms. The Morgan fingerprint density at radius 3 is 2.80 bits per heavy atom. The van der Waals surface area contributed by atoms with Gasteiger partial charge in [0.05, 0.1) is 0 Å². The molecule has 2 heterocycles. The Kier molecular flexibility index (Phi) is 0.977. The Balaban J connectivity index is 2.25. The van der Waals surface area contributed by atoms with Crippen molar-refractivity contribution in [1.29, 1.82) is 0 Å². The molecule has 4 heteroatoms. The average Bonchev–Trinajstić information content (AvgIpc) is 2.21. The van der Waals surface area contributed by atoms with Gasteiger partial charge in [0.25, 0.3) is 0 Å². The van der Waals surface area contributed by atoms with Gasteiger partial charge in [-0.25, -0.2) is 0 Å². The van der Waals surface area contributed by atoms with Crippen LogP contribution >= 0.6 is 0 Å². The number of esters is 2. The van der Waals surface area contributed by atoms with Crippen LogP contribution in [-0.4, -0.2) is 24.6 Å². The Morgan fingerprint density at radius 1 is 1.30 bits per heavy atom. The fourth-order valence-corrected chi connectivity index (χ4v) is 1.22. The summed E-state index contributed by atoms with van der Waals surface area (Å²) in [5, 5.41) is 0. The third-order valence-electron chi connectivity index (χ3n) is 1.76. The van der Waals surface area contributed by atoms with Crippen molar-refractivity contribution in [3.05, 3.63) is 0 Å². The second kappa shape index (κ2) is 1.71. The molecule has 2 aliphatic rings. The second-order valence-corrected chi connectivity index (χ2v) is 2.48.